The molecule has 1 spiro atoms. The van der Waals surface area contributed by atoms with Crippen molar-refractivity contribution in [3.8, 4) is 0 Å². The summed E-state index contributed by atoms with van der Waals surface area (Å²) in [7, 11) is 0. The predicted octanol–water partition coefficient (Wildman–Crippen LogP) is 4.99. The van der Waals surface area contributed by atoms with Gasteiger partial charge in [0.05, 0.1) is 0 Å². The van der Waals surface area contributed by atoms with Crippen LogP contribution in [0.25, 0.3) is 0 Å². The molecule has 2 N–H and O–H groups in total. The third-order valence-electron chi connectivity index (χ3n) is 9.24. The zero-order valence-corrected chi connectivity index (χ0v) is 25.3. The predicted molar refractivity (Wildman–Crippen MR) is 167 cm³/mol. The van der Waals surface area contributed by atoms with Gasteiger partial charge in [-0.2, -0.15) is 0 Å². The van der Waals surface area contributed by atoms with Crippen molar-refractivity contribution in [1.82, 2.24) is 20.4 Å². The van der Waals surface area contributed by atoms with E-state index in [0.717, 1.165) is 50.9 Å². The molecule has 1 aliphatic carbocycles. The van der Waals surface area contributed by atoms with E-state index in [4.69, 9.17) is 4.74 Å². The first-order chi connectivity index (χ1) is 21.0. The van der Waals surface area contributed by atoms with Gasteiger partial charge in [-0.1, -0.05) is 72.3 Å². The first-order valence-electron chi connectivity index (χ1n) is 16.0. The minimum absolute atomic E-state index is 0.0143. The molecule has 8 nitrogen and oxygen atoms in total. The Hall–Kier alpha value is -3.65. The summed E-state index contributed by atoms with van der Waals surface area (Å²) in [5, 5.41) is 5.87. The molecule has 2 saturated heterocycles. The Morgan fingerprint density at radius 3 is 2.35 bits per heavy atom. The van der Waals surface area contributed by atoms with Gasteiger partial charge in [0, 0.05) is 32.7 Å². The molecule has 1 atom stereocenters. The van der Waals surface area contributed by atoms with E-state index in [-0.39, 0.29) is 18.4 Å². The van der Waals surface area contributed by atoms with Crippen LogP contribution in [0.4, 0.5) is 4.79 Å². The van der Waals surface area contributed by atoms with Crippen LogP contribution in [0.2, 0.25) is 0 Å². The second-order valence-electron chi connectivity index (χ2n) is 12.1. The number of alkyl carbamates (subject to hydrolysis) is 1. The highest BCUT2D eigenvalue weighted by molar-refractivity contribution is 6.00. The number of likely N-dealkylation sites (tertiary alicyclic amines) is 1. The van der Waals surface area contributed by atoms with Crippen molar-refractivity contribution in [3.63, 3.8) is 0 Å². The molecule has 0 aromatic heterocycles. The molecule has 230 valence electrons. The Kier molecular flexibility index (Phi) is 10.9. The van der Waals surface area contributed by atoms with Crippen LogP contribution in [-0.2, 0) is 27.4 Å². The second kappa shape index (κ2) is 15.2. The van der Waals surface area contributed by atoms with Crippen molar-refractivity contribution in [2.24, 2.45) is 0 Å². The Morgan fingerprint density at radius 1 is 0.930 bits per heavy atom. The summed E-state index contributed by atoms with van der Waals surface area (Å²) in [6.07, 6.45) is 10.6. The molecule has 0 unspecified atom stereocenters. The van der Waals surface area contributed by atoms with Gasteiger partial charge in [0.25, 0.3) is 0 Å². The highest BCUT2D eigenvalue weighted by atomic mass is 16.5. The number of benzene rings is 2. The normalized spacial score (nSPS) is 20.4. The molecule has 0 radical (unpaired) electrons. The van der Waals surface area contributed by atoms with E-state index in [9.17, 15) is 14.4 Å². The van der Waals surface area contributed by atoms with Gasteiger partial charge in [-0.15, -0.1) is 0 Å². The van der Waals surface area contributed by atoms with E-state index in [0.29, 0.717) is 38.8 Å². The van der Waals surface area contributed by atoms with Gasteiger partial charge in [0.1, 0.15) is 18.2 Å². The quantitative estimate of drug-likeness (QED) is 0.270. The molecule has 2 fully saturated rings. The standard InChI is InChI=1S/C35H46N4O4/c40-32-31(17-10-22-36-34(42)43-27-30-15-8-3-9-16-30)37-33(41)35(39(32)24-19-29-13-6-2-7-14-29)20-25-38(26-21-35)23-18-28-11-4-1-5-12-28/h1,3-5,8-9,11-13,15-16,31H,2,6-7,10,14,17-27H2,(H,36,42)(H,37,41)/t31-/m0/s1. The highest BCUT2D eigenvalue weighted by Crippen LogP contribution is 2.35. The Balaban J connectivity index is 1.15. The van der Waals surface area contributed by atoms with Crippen molar-refractivity contribution < 1.29 is 19.1 Å². The summed E-state index contributed by atoms with van der Waals surface area (Å²) < 4.78 is 5.29. The zero-order chi connectivity index (χ0) is 29.9. The lowest BCUT2D eigenvalue weighted by Crippen LogP contribution is -2.73. The topological polar surface area (TPSA) is 91.0 Å². The fraction of sp³-hybridized carbons (Fsp3) is 0.514. The smallest absolute Gasteiger partial charge is 0.407 e. The number of piperidine rings is 1. The van der Waals surface area contributed by atoms with Crippen LogP contribution in [0.3, 0.4) is 0 Å². The number of hydrogen-bond acceptors (Lipinski definition) is 5. The third-order valence-corrected chi connectivity index (χ3v) is 9.24. The maximum atomic E-state index is 14.0. The lowest BCUT2D eigenvalue weighted by Gasteiger charge is -2.52. The van der Waals surface area contributed by atoms with Gasteiger partial charge >= 0.3 is 6.09 Å². The summed E-state index contributed by atoms with van der Waals surface area (Å²) in [6, 6.07) is 19.5. The molecule has 3 aliphatic rings. The Morgan fingerprint density at radius 2 is 1.65 bits per heavy atom. The van der Waals surface area contributed by atoms with Crippen molar-refractivity contribution >= 4 is 17.9 Å². The number of ether oxygens (including phenoxy) is 1. The maximum absolute atomic E-state index is 14.0. The molecule has 43 heavy (non-hydrogen) atoms. The van der Waals surface area contributed by atoms with Crippen LogP contribution >= 0.6 is 0 Å². The lowest BCUT2D eigenvalue weighted by molar-refractivity contribution is -0.161. The van der Waals surface area contributed by atoms with Gasteiger partial charge in [-0.25, -0.2) is 4.79 Å². The van der Waals surface area contributed by atoms with Gasteiger partial charge in [-0.3, -0.25) is 9.59 Å². The van der Waals surface area contributed by atoms with Crippen LogP contribution in [-0.4, -0.2) is 72.0 Å². The van der Waals surface area contributed by atoms with Crippen molar-refractivity contribution in [3.05, 3.63) is 83.4 Å². The van der Waals surface area contributed by atoms with Crippen molar-refractivity contribution in [1.29, 1.82) is 0 Å². The highest BCUT2D eigenvalue weighted by Gasteiger charge is 2.53. The van der Waals surface area contributed by atoms with Gasteiger partial charge in [0.2, 0.25) is 11.8 Å². The molecule has 2 aliphatic heterocycles. The number of amides is 3. The van der Waals surface area contributed by atoms with E-state index < -0.39 is 17.7 Å². The van der Waals surface area contributed by atoms with E-state index in [2.05, 4.69) is 45.9 Å². The van der Waals surface area contributed by atoms with Crippen molar-refractivity contribution in [2.45, 2.75) is 82.4 Å². The molecule has 2 aromatic carbocycles. The molecular weight excluding hydrogens is 540 g/mol. The zero-order valence-electron chi connectivity index (χ0n) is 25.3. The van der Waals surface area contributed by atoms with Crippen LogP contribution < -0.4 is 10.6 Å². The second-order valence-corrected chi connectivity index (χ2v) is 12.1. The third kappa shape index (κ3) is 8.25. The Labute approximate surface area is 255 Å². The van der Waals surface area contributed by atoms with E-state index >= 15 is 0 Å². The largest absolute Gasteiger partial charge is 0.445 e. The van der Waals surface area contributed by atoms with Crippen LogP contribution in [0.1, 0.15) is 68.9 Å². The van der Waals surface area contributed by atoms with Gasteiger partial charge in [-0.05, 0) is 75.3 Å². The molecular formula is C35H46N4O4. The maximum Gasteiger partial charge on any atom is 0.407 e. The summed E-state index contributed by atoms with van der Waals surface area (Å²) in [4.78, 5) is 44.3. The number of nitrogens with one attached hydrogen (secondary N) is 2. The van der Waals surface area contributed by atoms with Crippen LogP contribution in [0, 0.1) is 0 Å². The number of carbonyl (C=O) groups is 3. The Bertz CT molecular complexity index is 1240. The number of allylic oxidation sites excluding steroid dienone is 1. The summed E-state index contributed by atoms with van der Waals surface area (Å²) in [6.45, 7) is 3.72. The van der Waals surface area contributed by atoms with Crippen molar-refractivity contribution in [2.75, 3.05) is 32.7 Å². The number of piperazine rings is 1. The molecule has 0 bridgehead atoms. The monoisotopic (exact) mass is 586 g/mol. The summed E-state index contributed by atoms with van der Waals surface area (Å²) in [5.41, 5.74) is 2.87. The van der Waals surface area contributed by atoms with Crippen LogP contribution in [0.15, 0.2) is 72.3 Å². The van der Waals surface area contributed by atoms with E-state index in [1.165, 1.54) is 24.0 Å². The molecule has 0 saturated carbocycles. The number of rotatable bonds is 12. The van der Waals surface area contributed by atoms with Crippen LogP contribution in [0.5, 0.6) is 0 Å². The lowest BCUT2D eigenvalue weighted by atomic mass is 9.80. The number of hydrogen-bond donors (Lipinski definition) is 2. The van der Waals surface area contributed by atoms with Gasteiger partial charge in [0.15, 0.2) is 0 Å². The molecule has 2 aromatic rings. The fourth-order valence-electron chi connectivity index (χ4n) is 6.63. The first-order valence-corrected chi connectivity index (χ1v) is 16.0. The minimum atomic E-state index is -0.786. The molecule has 5 rings (SSSR count). The minimum Gasteiger partial charge on any atom is -0.445 e. The van der Waals surface area contributed by atoms with E-state index in [1.807, 2.05) is 41.3 Å². The average Bonchev–Trinajstić information content (AvgIpc) is 3.05. The fourth-order valence-corrected chi connectivity index (χ4v) is 6.63. The number of carbonyl (C=O) groups excluding carboxylic acids is 3. The van der Waals surface area contributed by atoms with Gasteiger partial charge < -0.3 is 25.2 Å². The van der Waals surface area contributed by atoms with E-state index in [1.54, 1.807) is 0 Å². The number of nitrogens with zero attached hydrogens (tertiary/aromatic N) is 2. The molecule has 3 amide bonds. The average molecular weight is 587 g/mol. The molecule has 2 heterocycles. The SMILES string of the molecule is O=C(NCCC[C@@H]1NC(=O)C2(CCN(CCc3ccccc3)CC2)N(CCC2=CCCCC2)C1=O)OCc1ccccc1. The summed E-state index contributed by atoms with van der Waals surface area (Å²) >= 11 is 0. The summed E-state index contributed by atoms with van der Waals surface area (Å²) in [5.74, 6) is -0.00642. The first kappa shape index (κ1) is 30.8. The molecule has 8 heteroatoms.